The molecule has 42 heavy (non-hydrogen) atoms. The van der Waals surface area contributed by atoms with Crippen molar-refractivity contribution in [3.63, 3.8) is 0 Å². The highest BCUT2D eigenvalue weighted by Gasteiger charge is 2.35. The van der Waals surface area contributed by atoms with Crippen LogP contribution in [0.2, 0.25) is 0 Å². The summed E-state index contributed by atoms with van der Waals surface area (Å²) in [5.74, 6) is 0.398. The number of alkyl halides is 3. The minimum absolute atomic E-state index is 0.0941. The quantitative estimate of drug-likeness (QED) is 0.412. The number of aromatic nitrogens is 3. The Morgan fingerprint density at radius 2 is 1.69 bits per heavy atom. The lowest BCUT2D eigenvalue weighted by atomic mass is 9.92. The van der Waals surface area contributed by atoms with Gasteiger partial charge in [-0.3, -0.25) is 14.8 Å². The topological polar surface area (TPSA) is 74.2 Å². The number of allylic oxidation sites excluding steroid dienone is 1. The highest BCUT2D eigenvalue weighted by atomic mass is 19.4. The highest BCUT2D eigenvalue weighted by Crippen LogP contribution is 2.33. The number of nitrogens with one attached hydrogen (secondary N) is 1. The Bertz CT molecular complexity index is 1400. The van der Waals surface area contributed by atoms with Crippen LogP contribution in [0.25, 0.3) is 16.7 Å². The summed E-state index contributed by atoms with van der Waals surface area (Å²) in [6.45, 7) is 2.50. The van der Waals surface area contributed by atoms with Crippen molar-refractivity contribution in [3.05, 3.63) is 78.5 Å². The van der Waals surface area contributed by atoms with Crippen LogP contribution in [0.15, 0.2) is 67.3 Å². The molecule has 0 aromatic carbocycles. The second-order valence-corrected chi connectivity index (χ2v) is 11.5. The second-order valence-electron chi connectivity index (χ2n) is 11.5. The summed E-state index contributed by atoms with van der Waals surface area (Å²) in [7, 11) is 0. The molecule has 220 valence electrons. The first kappa shape index (κ1) is 28.3. The van der Waals surface area contributed by atoms with E-state index in [1.54, 1.807) is 12.4 Å². The van der Waals surface area contributed by atoms with E-state index in [9.17, 15) is 18.0 Å². The second kappa shape index (κ2) is 12.2. The number of amides is 1. The van der Waals surface area contributed by atoms with Gasteiger partial charge in [0, 0.05) is 74.5 Å². The van der Waals surface area contributed by atoms with Crippen LogP contribution in [0.4, 0.5) is 19.0 Å². The van der Waals surface area contributed by atoms with Crippen molar-refractivity contribution in [2.75, 3.05) is 31.1 Å². The molecule has 3 aromatic rings. The maximum Gasteiger partial charge on any atom is 0.416 e. The molecule has 3 aliphatic rings. The summed E-state index contributed by atoms with van der Waals surface area (Å²) < 4.78 is 39.3. The van der Waals surface area contributed by atoms with Gasteiger partial charge in [0.25, 0.3) is 0 Å². The van der Waals surface area contributed by atoms with Gasteiger partial charge in [0.15, 0.2) is 0 Å². The van der Waals surface area contributed by atoms with Gasteiger partial charge in [-0.1, -0.05) is 12.1 Å². The number of anilines is 1. The smallest absolute Gasteiger partial charge is 0.357 e. The van der Waals surface area contributed by atoms with Crippen molar-refractivity contribution < 1.29 is 18.0 Å². The number of hydrogen-bond acceptors (Lipinski definition) is 6. The van der Waals surface area contributed by atoms with E-state index in [0.717, 1.165) is 61.2 Å². The number of pyridine rings is 3. The molecular formula is C32H35F3N6O. The van der Waals surface area contributed by atoms with Gasteiger partial charge in [0.05, 0.1) is 11.3 Å². The maximum atomic E-state index is 13.3. The Hall–Kier alpha value is -3.79. The van der Waals surface area contributed by atoms with Crippen molar-refractivity contribution in [2.45, 2.75) is 56.8 Å². The molecule has 2 atom stereocenters. The molecule has 0 bridgehead atoms. The SMILES string of the molecule is O=C(C1CCN(c2cc(C(F)(F)F)ccn2)CC1)N1CC[C@H](NC2CC=C(c3ccc(-c4ccncc4)cn3)CC2)C1. The zero-order valence-corrected chi connectivity index (χ0v) is 23.4. The van der Waals surface area contributed by atoms with E-state index in [1.807, 2.05) is 28.1 Å². The van der Waals surface area contributed by atoms with Crippen LogP contribution in [0.3, 0.4) is 0 Å². The van der Waals surface area contributed by atoms with E-state index in [1.165, 1.54) is 11.8 Å². The molecule has 3 aromatic heterocycles. The normalized spacial score (nSPS) is 21.8. The minimum Gasteiger partial charge on any atom is -0.357 e. The van der Waals surface area contributed by atoms with Crippen LogP contribution in [-0.4, -0.2) is 64.0 Å². The predicted molar refractivity (Wildman–Crippen MR) is 155 cm³/mol. The summed E-state index contributed by atoms with van der Waals surface area (Å²) in [5.41, 5.74) is 3.80. The number of likely N-dealkylation sites (tertiary alicyclic amines) is 1. The zero-order chi connectivity index (χ0) is 29.1. The Morgan fingerprint density at radius 1 is 0.881 bits per heavy atom. The van der Waals surface area contributed by atoms with Crippen molar-refractivity contribution in [1.82, 2.24) is 25.2 Å². The van der Waals surface area contributed by atoms with Crippen LogP contribution in [0.5, 0.6) is 0 Å². The summed E-state index contributed by atoms with van der Waals surface area (Å²) >= 11 is 0. The fraction of sp³-hybridized carbons (Fsp3) is 0.438. The summed E-state index contributed by atoms with van der Waals surface area (Å²) in [6, 6.07) is 10.9. The maximum absolute atomic E-state index is 13.3. The van der Waals surface area contributed by atoms with Gasteiger partial charge in [-0.25, -0.2) is 4.98 Å². The third kappa shape index (κ3) is 6.48. The molecular weight excluding hydrogens is 541 g/mol. The van der Waals surface area contributed by atoms with Crippen LogP contribution in [0.1, 0.15) is 49.8 Å². The molecule has 1 unspecified atom stereocenters. The van der Waals surface area contributed by atoms with Crippen LogP contribution in [-0.2, 0) is 11.0 Å². The average Bonchev–Trinajstić information content (AvgIpc) is 3.50. The lowest BCUT2D eigenvalue weighted by Crippen LogP contribution is -2.44. The summed E-state index contributed by atoms with van der Waals surface area (Å²) in [5, 5.41) is 3.78. The van der Waals surface area contributed by atoms with E-state index in [4.69, 9.17) is 4.98 Å². The fourth-order valence-electron chi connectivity index (χ4n) is 6.33. The van der Waals surface area contributed by atoms with Gasteiger partial charge in [-0.2, -0.15) is 13.2 Å². The number of piperidine rings is 1. The molecule has 1 aliphatic carbocycles. The van der Waals surface area contributed by atoms with Gasteiger partial charge in [-0.05, 0) is 80.0 Å². The molecule has 2 aliphatic heterocycles. The first-order valence-corrected chi connectivity index (χ1v) is 14.7. The number of hydrogen-bond donors (Lipinski definition) is 1. The number of carbonyl (C=O) groups excluding carboxylic acids is 1. The number of halogens is 3. The Morgan fingerprint density at radius 3 is 2.38 bits per heavy atom. The predicted octanol–water partition coefficient (Wildman–Crippen LogP) is 5.60. The third-order valence-corrected chi connectivity index (χ3v) is 8.73. The third-order valence-electron chi connectivity index (χ3n) is 8.73. The van der Waals surface area contributed by atoms with Gasteiger partial charge in [0.1, 0.15) is 5.82 Å². The van der Waals surface area contributed by atoms with E-state index < -0.39 is 11.7 Å². The molecule has 0 spiro atoms. The molecule has 6 rings (SSSR count). The number of rotatable bonds is 6. The lowest BCUT2D eigenvalue weighted by Gasteiger charge is -2.34. The van der Waals surface area contributed by atoms with Gasteiger partial charge < -0.3 is 15.1 Å². The Balaban J connectivity index is 0.960. The van der Waals surface area contributed by atoms with E-state index in [2.05, 4.69) is 33.5 Å². The van der Waals surface area contributed by atoms with Crippen molar-refractivity contribution in [2.24, 2.45) is 5.92 Å². The van der Waals surface area contributed by atoms with Gasteiger partial charge in [0.2, 0.25) is 5.91 Å². The largest absolute Gasteiger partial charge is 0.416 e. The van der Waals surface area contributed by atoms with Crippen molar-refractivity contribution in [1.29, 1.82) is 0 Å². The standard InChI is InChI=1S/C32H35F3N6O/c33-32(34,35)26-9-15-37-30(19-26)40-16-10-24(11-17-40)31(42)41-18-12-28(21-41)39-27-4-1-23(2-5-27)29-6-3-25(20-38-29)22-7-13-36-14-8-22/h1,3,6-9,13-15,19-20,24,27-28,39H,2,4-5,10-12,16-18,21H2/t27?,28-/m0/s1. The molecule has 5 heterocycles. The molecule has 2 fully saturated rings. The van der Waals surface area contributed by atoms with Gasteiger partial charge >= 0.3 is 6.18 Å². The molecule has 10 heteroatoms. The Labute approximate surface area is 243 Å². The van der Waals surface area contributed by atoms with Crippen LogP contribution in [0, 0.1) is 5.92 Å². The first-order valence-electron chi connectivity index (χ1n) is 14.7. The van der Waals surface area contributed by atoms with Crippen LogP contribution >= 0.6 is 0 Å². The minimum atomic E-state index is -4.40. The molecule has 7 nitrogen and oxygen atoms in total. The number of nitrogens with zero attached hydrogens (tertiary/aromatic N) is 5. The van der Waals surface area contributed by atoms with Crippen molar-refractivity contribution >= 4 is 17.3 Å². The van der Waals surface area contributed by atoms with Crippen LogP contribution < -0.4 is 10.2 Å². The molecule has 1 N–H and O–H groups in total. The fourth-order valence-corrected chi connectivity index (χ4v) is 6.33. The van der Waals surface area contributed by atoms with E-state index in [0.29, 0.717) is 44.3 Å². The molecule has 0 radical (unpaired) electrons. The number of carbonyl (C=O) groups is 1. The average molecular weight is 577 g/mol. The first-order chi connectivity index (χ1) is 20.3. The Kier molecular flexibility index (Phi) is 8.24. The zero-order valence-electron chi connectivity index (χ0n) is 23.4. The summed E-state index contributed by atoms with van der Waals surface area (Å²) in [6.07, 6.45) is 9.72. The van der Waals surface area contributed by atoms with E-state index >= 15 is 0 Å². The highest BCUT2D eigenvalue weighted by molar-refractivity contribution is 5.79. The van der Waals surface area contributed by atoms with E-state index in [-0.39, 0.29) is 17.9 Å². The lowest BCUT2D eigenvalue weighted by molar-refractivity contribution is -0.137. The molecule has 2 saturated heterocycles. The molecule has 1 amide bonds. The van der Waals surface area contributed by atoms with Gasteiger partial charge in [-0.15, -0.1) is 0 Å². The summed E-state index contributed by atoms with van der Waals surface area (Å²) in [4.78, 5) is 30.0. The molecule has 0 saturated carbocycles. The van der Waals surface area contributed by atoms with Crippen molar-refractivity contribution in [3.8, 4) is 11.1 Å². The monoisotopic (exact) mass is 576 g/mol.